The van der Waals surface area contributed by atoms with E-state index in [0.717, 1.165) is 16.7 Å². The van der Waals surface area contributed by atoms with Crippen LogP contribution in [0.2, 0.25) is 0 Å². The van der Waals surface area contributed by atoms with Gasteiger partial charge in [-0.25, -0.2) is 14.4 Å². The molecule has 1 spiro atoms. The van der Waals surface area contributed by atoms with E-state index in [1.54, 1.807) is 60.6 Å². The fraction of sp³-hybridized carbons (Fsp3) is 0.542. The van der Waals surface area contributed by atoms with Crippen molar-refractivity contribution < 1.29 is 62.1 Å². The maximum atomic E-state index is 15.2. The minimum Gasteiger partial charge on any atom is -0.504 e. The molecule has 17 nitrogen and oxygen atoms in total. The third kappa shape index (κ3) is 7.29. The van der Waals surface area contributed by atoms with E-state index < -0.39 is 64.4 Å². The number of benzene rings is 3. The highest BCUT2D eigenvalue weighted by molar-refractivity contribution is 7.99. The molecule has 7 aliphatic rings. The standard InChI is InChI=1S/C48H56N4O13S/c1-22-14-25-15-27-28(18-49)52-29-19-59-43(54)48(26-17-30(57-10)31(16-24(26)12-13-50-48)62-44(55)64-46(3,4)5)20-66-42(36(52)35(51(27)9)32(25)37(53)38(22)58-11)34-33(29)41-40(60-21-61-41)23(2)39(34)63-45(56)65-47(6,7)8/h14,16-17,27-29,35-36,42,50,53H,12-13,15,19-21H2,1-11H3/t27?,28-,29-,35+,36?,42+,48+/m0/s1. The number of esters is 1. The summed E-state index contributed by atoms with van der Waals surface area (Å²) in [5.74, 6) is 1.14. The van der Waals surface area contributed by atoms with Crippen LogP contribution in [0.5, 0.6) is 40.2 Å². The molecular weight excluding hydrogens is 873 g/mol. The second kappa shape index (κ2) is 16.3. The topological polar surface area (TPSA) is 197 Å². The zero-order valence-corrected chi connectivity index (χ0v) is 39.9. The number of nitriles is 1. The average molecular weight is 929 g/mol. The van der Waals surface area contributed by atoms with E-state index in [2.05, 4.69) is 21.2 Å². The van der Waals surface area contributed by atoms with Crippen LogP contribution in [0.15, 0.2) is 18.2 Å². The minimum atomic E-state index is -1.49. The van der Waals surface area contributed by atoms with Crippen molar-refractivity contribution >= 4 is 30.0 Å². The molecule has 7 heterocycles. The Balaban J connectivity index is 1.27. The van der Waals surface area contributed by atoms with Crippen LogP contribution in [0.4, 0.5) is 9.59 Å². The largest absolute Gasteiger partial charge is 0.514 e. The number of nitrogens with one attached hydrogen (secondary N) is 1. The predicted octanol–water partition coefficient (Wildman–Crippen LogP) is 6.98. The van der Waals surface area contributed by atoms with Crippen LogP contribution in [0.25, 0.3) is 0 Å². The second-order valence-corrected chi connectivity index (χ2v) is 20.7. The third-order valence-electron chi connectivity index (χ3n) is 13.3. The first-order valence-electron chi connectivity index (χ1n) is 22.0. The van der Waals surface area contributed by atoms with E-state index in [0.29, 0.717) is 64.5 Å². The number of hydrogen-bond donors (Lipinski definition) is 2. The summed E-state index contributed by atoms with van der Waals surface area (Å²) in [6, 6.07) is 4.93. The number of piperazine rings is 1. The number of aryl methyl sites for hydroxylation is 1. The molecule has 2 unspecified atom stereocenters. The molecule has 0 aromatic heterocycles. The number of thioether (sulfide) groups is 1. The number of fused-ring (bicyclic) bond motifs is 9. The van der Waals surface area contributed by atoms with Gasteiger partial charge in [0, 0.05) is 46.6 Å². The van der Waals surface area contributed by atoms with Gasteiger partial charge in [0.25, 0.3) is 0 Å². The van der Waals surface area contributed by atoms with Gasteiger partial charge in [-0.05, 0) is 110 Å². The van der Waals surface area contributed by atoms with Crippen molar-refractivity contribution in [3.05, 3.63) is 62.7 Å². The first kappa shape index (κ1) is 45.5. The van der Waals surface area contributed by atoms with E-state index in [-0.39, 0.29) is 48.2 Å². The number of ether oxygens (including phenoxy) is 9. The van der Waals surface area contributed by atoms with Crippen LogP contribution in [-0.2, 0) is 37.4 Å². The van der Waals surface area contributed by atoms with E-state index >= 15 is 4.79 Å². The molecule has 2 saturated heterocycles. The number of aromatic hydroxyl groups is 1. The third-order valence-corrected chi connectivity index (χ3v) is 14.8. The summed E-state index contributed by atoms with van der Waals surface area (Å²) in [5.41, 5.74) is 2.09. The molecule has 0 radical (unpaired) electrons. The molecule has 4 bridgehead atoms. The number of phenols is 1. The molecule has 0 saturated carbocycles. The lowest BCUT2D eigenvalue weighted by Gasteiger charge is -2.62. The van der Waals surface area contributed by atoms with Crippen LogP contribution < -0.4 is 33.7 Å². The van der Waals surface area contributed by atoms with Crippen molar-refractivity contribution in [1.82, 2.24) is 15.1 Å². The van der Waals surface area contributed by atoms with Crippen LogP contribution in [0.1, 0.15) is 103 Å². The second-order valence-electron chi connectivity index (χ2n) is 19.6. The number of rotatable bonds is 4. The number of carbonyl (C=O) groups is 3. The van der Waals surface area contributed by atoms with Crippen LogP contribution in [-0.4, -0.2) is 109 Å². The molecule has 3 aromatic carbocycles. The van der Waals surface area contributed by atoms with Crippen LogP contribution >= 0.6 is 11.8 Å². The van der Waals surface area contributed by atoms with Gasteiger partial charge in [-0.1, -0.05) is 6.07 Å². The summed E-state index contributed by atoms with van der Waals surface area (Å²) in [4.78, 5) is 46.2. The van der Waals surface area contributed by atoms with Crippen LogP contribution in [0, 0.1) is 25.2 Å². The fourth-order valence-corrected chi connectivity index (χ4v) is 12.5. The minimum absolute atomic E-state index is 0.00529. The smallest absolute Gasteiger partial charge is 0.504 e. The molecule has 10 rings (SSSR count). The summed E-state index contributed by atoms with van der Waals surface area (Å²) in [6.07, 6.45) is -0.916. The SMILES string of the molecule is COc1cc2c(cc1OC(=O)OC(C)(C)C)CCN[C@]21CS[C@@H]2c3c(OC(=O)OC(C)(C)C)c(C)c4c(c3[C@H](COC1=O)N1C2[C@H]2c3c(cc(C)c(OC)c3O)CC([C@@H]1C#N)N2C)OCO4. The van der Waals surface area contributed by atoms with Gasteiger partial charge in [0.05, 0.1) is 37.6 Å². The Hall–Kier alpha value is -5.61. The van der Waals surface area contributed by atoms with Crippen molar-refractivity contribution in [2.45, 2.75) is 120 Å². The van der Waals surface area contributed by atoms with Gasteiger partial charge in [0.1, 0.15) is 29.6 Å². The average Bonchev–Trinajstić information content (AvgIpc) is 3.73. The Labute approximate surface area is 387 Å². The number of likely N-dealkylation sites (N-methyl/N-ethyl adjacent to an activating group) is 1. The number of hydrogen-bond acceptors (Lipinski definition) is 18. The lowest BCUT2D eigenvalue weighted by atomic mass is 9.71. The highest BCUT2D eigenvalue weighted by Gasteiger charge is 2.62. The lowest BCUT2D eigenvalue weighted by molar-refractivity contribution is -0.157. The van der Waals surface area contributed by atoms with Crippen LogP contribution in [0.3, 0.4) is 0 Å². The predicted molar refractivity (Wildman–Crippen MR) is 239 cm³/mol. The Kier molecular flexibility index (Phi) is 11.3. The van der Waals surface area contributed by atoms with Crippen molar-refractivity contribution in [3.8, 4) is 46.3 Å². The fourth-order valence-electron chi connectivity index (χ4n) is 10.8. The molecule has 7 atom stereocenters. The Morgan fingerprint density at radius 2 is 1.61 bits per heavy atom. The van der Waals surface area contributed by atoms with Crippen molar-refractivity contribution in [3.63, 3.8) is 0 Å². The summed E-state index contributed by atoms with van der Waals surface area (Å²) in [5, 5.41) is 26.4. The van der Waals surface area contributed by atoms with E-state index in [1.807, 2.05) is 20.0 Å². The maximum absolute atomic E-state index is 15.2. The molecule has 0 amide bonds. The quantitative estimate of drug-likeness (QED) is 0.154. The number of nitrogens with zero attached hydrogens (tertiary/aromatic N) is 3. The van der Waals surface area contributed by atoms with Crippen molar-refractivity contribution in [2.75, 3.05) is 47.0 Å². The molecule has 66 heavy (non-hydrogen) atoms. The Morgan fingerprint density at radius 3 is 2.27 bits per heavy atom. The lowest BCUT2D eigenvalue weighted by Crippen LogP contribution is -2.69. The van der Waals surface area contributed by atoms with Gasteiger partial charge in [-0.3, -0.25) is 15.1 Å². The maximum Gasteiger partial charge on any atom is 0.514 e. The van der Waals surface area contributed by atoms with Gasteiger partial charge in [0.15, 0.2) is 40.0 Å². The highest BCUT2D eigenvalue weighted by Crippen LogP contribution is 2.65. The molecular formula is C48H56N4O13S. The van der Waals surface area contributed by atoms with Gasteiger partial charge >= 0.3 is 18.3 Å². The zero-order valence-electron chi connectivity index (χ0n) is 39.0. The zero-order chi connectivity index (χ0) is 47.4. The molecule has 3 aromatic rings. The number of phenolic OH excluding ortho intramolecular Hbond substituents is 1. The monoisotopic (exact) mass is 928 g/mol. The summed E-state index contributed by atoms with van der Waals surface area (Å²) < 4.78 is 53.8. The van der Waals surface area contributed by atoms with E-state index in [1.165, 1.54) is 26.0 Å². The van der Waals surface area contributed by atoms with Gasteiger partial charge < -0.3 is 47.7 Å². The number of methoxy groups -OCH3 is 2. The first-order valence-corrected chi connectivity index (χ1v) is 23.1. The number of carbonyl (C=O) groups excluding carboxylic acids is 3. The van der Waals surface area contributed by atoms with Gasteiger partial charge in [-0.15, -0.1) is 11.8 Å². The molecule has 7 aliphatic heterocycles. The van der Waals surface area contributed by atoms with Crippen molar-refractivity contribution in [2.24, 2.45) is 0 Å². The summed E-state index contributed by atoms with van der Waals surface area (Å²) >= 11 is 1.43. The van der Waals surface area contributed by atoms with E-state index in [4.69, 9.17) is 42.6 Å². The summed E-state index contributed by atoms with van der Waals surface area (Å²) in [6.45, 7) is 14.1. The van der Waals surface area contributed by atoms with E-state index in [9.17, 15) is 20.0 Å². The Bertz CT molecular complexity index is 2580. The molecule has 0 aliphatic carbocycles. The van der Waals surface area contributed by atoms with Gasteiger partial charge in [0.2, 0.25) is 6.79 Å². The molecule has 2 fully saturated rings. The molecule has 352 valence electrons. The first-order chi connectivity index (χ1) is 31.2. The van der Waals surface area contributed by atoms with Crippen molar-refractivity contribution in [1.29, 1.82) is 5.26 Å². The highest BCUT2D eigenvalue weighted by atomic mass is 32.2. The Morgan fingerprint density at radius 1 is 0.909 bits per heavy atom. The van der Waals surface area contributed by atoms with Gasteiger partial charge in [-0.2, -0.15) is 5.26 Å². The molecule has 18 heteroatoms. The normalized spacial score (nSPS) is 26.4. The molecule has 2 N–H and O–H groups in total. The summed E-state index contributed by atoms with van der Waals surface area (Å²) in [7, 11) is 4.94.